The van der Waals surface area contributed by atoms with Crippen LogP contribution >= 0.6 is 11.3 Å². The van der Waals surface area contributed by atoms with E-state index in [0.29, 0.717) is 29.3 Å². The molecule has 11 heteroatoms. The summed E-state index contributed by atoms with van der Waals surface area (Å²) in [4.78, 5) is 34.2. The van der Waals surface area contributed by atoms with Crippen molar-refractivity contribution in [1.29, 1.82) is 0 Å². The number of nitrogens with zero attached hydrogens (tertiary/aromatic N) is 3. The highest BCUT2D eigenvalue weighted by molar-refractivity contribution is 7.13. The van der Waals surface area contributed by atoms with Gasteiger partial charge in [0.05, 0.1) is 22.2 Å². The largest absolute Gasteiger partial charge is 0.492 e. The van der Waals surface area contributed by atoms with Crippen molar-refractivity contribution in [3.8, 4) is 5.75 Å². The molecule has 1 aromatic carbocycles. The maximum absolute atomic E-state index is 13.5. The second-order valence-electron chi connectivity index (χ2n) is 10.8. The van der Waals surface area contributed by atoms with Gasteiger partial charge in [-0.1, -0.05) is 20.3 Å². The molecule has 0 bridgehead atoms. The molecule has 0 aliphatic carbocycles. The zero-order valence-electron chi connectivity index (χ0n) is 22.6. The average molecular weight is 566 g/mol. The van der Waals surface area contributed by atoms with Crippen LogP contribution in [0.1, 0.15) is 72.9 Å². The van der Waals surface area contributed by atoms with E-state index in [-0.39, 0.29) is 22.7 Å². The molecule has 0 atom stereocenters. The molecule has 7 nitrogen and oxygen atoms in total. The summed E-state index contributed by atoms with van der Waals surface area (Å²) in [6, 6.07) is 6.73. The lowest BCUT2D eigenvalue weighted by molar-refractivity contribution is -0.140. The Morgan fingerprint density at radius 3 is 2.38 bits per heavy atom. The molecule has 1 saturated heterocycles. The Morgan fingerprint density at radius 2 is 1.77 bits per heavy atom. The smallest absolute Gasteiger partial charge is 0.443 e. The molecular weight excluding hydrogens is 531 g/mol. The molecule has 0 unspecified atom stereocenters. The molecule has 1 amide bonds. The number of rotatable bonds is 7. The van der Waals surface area contributed by atoms with Crippen molar-refractivity contribution in [2.24, 2.45) is 0 Å². The third kappa shape index (κ3) is 7.00. The van der Waals surface area contributed by atoms with Gasteiger partial charge in [-0.2, -0.15) is 13.2 Å². The summed E-state index contributed by atoms with van der Waals surface area (Å²) in [5.74, 6) is -0.567. The quantitative estimate of drug-likeness (QED) is 0.398. The number of alkyl halides is 3. The van der Waals surface area contributed by atoms with Crippen molar-refractivity contribution in [3.05, 3.63) is 51.6 Å². The number of aromatic nitrogens is 1. The first-order valence-electron chi connectivity index (χ1n) is 13.1. The van der Waals surface area contributed by atoms with Gasteiger partial charge < -0.3 is 14.4 Å². The Labute approximate surface area is 230 Å². The van der Waals surface area contributed by atoms with E-state index in [0.717, 1.165) is 19.6 Å². The Bertz CT molecular complexity index is 1220. The van der Waals surface area contributed by atoms with Crippen LogP contribution in [0.2, 0.25) is 0 Å². The van der Waals surface area contributed by atoms with Crippen LogP contribution in [-0.2, 0) is 21.1 Å². The van der Waals surface area contributed by atoms with Crippen molar-refractivity contribution < 1.29 is 32.2 Å². The highest BCUT2D eigenvalue weighted by atomic mass is 32.1. The van der Waals surface area contributed by atoms with Gasteiger partial charge in [-0.05, 0) is 64.0 Å². The summed E-state index contributed by atoms with van der Waals surface area (Å²) in [5, 5.41) is -1.04. The summed E-state index contributed by atoms with van der Waals surface area (Å²) in [5.41, 5.74) is -0.627. The van der Waals surface area contributed by atoms with Crippen LogP contribution in [0.15, 0.2) is 30.5 Å². The molecule has 0 saturated carbocycles. The number of carbonyl (C=O) groups excluding carboxylic acids is 2. The number of halogens is 3. The fourth-order valence-electron chi connectivity index (χ4n) is 4.73. The van der Waals surface area contributed by atoms with Crippen LogP contribution in [0.3, 0.4) is 0 Å². The number of hydrogen-bond acceptors (Lipinski definition) is 7. The molecule has 1 fully saturated rings. The highest BCUT2D eigenvalue weighted by Gasteiger charge is 2.43. The molecule has 212 valence electrons. The number of esters is 1. The third-order valence-electron chi connectivity index (χ3n) is 6.66. The SMILES string of the molecule is CC(C)OC(=O)C1=CN(C(=O)c2ccc(OCCN3CCCCC3)cc2)CC(C)(C)c2nc(C(F)(F)F)sc21. The Balaban J connectivity index is 1.57. The second kappa shape index (κ2) is 11.7. The molecule has 1 aromatic heterocycles. The van der Waals surface area contributed by atoms with E-state index in [1.54, 1.807) is 52.0 Å². The molecule has 2 aliphatic heterocycles. The van der Waals surface area contributed by atoms with Gasteiger partial charge in [0.1, 0.15) is 12.4 Å². The number of carbonyl (C=O) groups is 2. The lowest BCUT2D eigenvalue weighted by atomic mass is 9.87. The number of piperidine rings is 1. The first-order valence-corrected chi connectivity index (χ1v) is 13.9. The standard InChI is InChI=1S/C28H34F3N3O4S/c1-18(2)38-25(36)21-16-34(17-27(3,4)23-22(21)39-26(32-23)28(29,30)31)24(35)19-8-10-20(11-9-19)37-15-14-33-12-6-5-7-13-33/h8-11,16,18H,5-7,12-15,17H2,1-4H3. The maximum atomic E-state index is 13.5. The van der Waals surface area contributed by atoms with Gasteiger partial charge in [0, 0.05) is 30.3 Å². The predicted molar refractivity (Wildman–Crippen MR) is 143 cm³/mol. The van der Waals surface area contributed by atoms with E-state index in [2.05, 4.69) is 9.88 Å². The van der Waals surface area contributed by atoms with Crippen LogP contribution in [0, 0.1) is 0 Å². The number of fused-ring (bicyclic) bond motifs is 1. The van der Waals surface area contributed by atoms with Gasteiger partial charge >= 0.3 is 12.1 Å². The summed E-state index contributed by atoms with van der Waals surface area (Å²) >= 11 is 0.387. The number of likely N-dealkylation sites (tertiary alicyclic amines) is 1. The monoisotopic (exact) mass is 565 g/mol. The minimum atomic E-state index is -4.66. The summed E-state index contributed by atoms with van der Waals surface area (Å²) in [6.45, 7) is 10.3. The summed E-state index contributed by atoms with van der Waals surface area (Å²) in [7, 11) is 0. The first-order chi connectivity index (χ1) is 18.3. The number of benzene rings is 1. The van der Waals surface area contributed by atoms with Crippen molar-refractivity contribution in [2.75, 3.05) is 32.8 Å². The normalized spacial score (nSPS) is 17.8. The lowest BCUT2D eigenvalue weighted by Crippen LogP contribution is -2.37. The zero-order valence-corrected chi connectivity index (χ0v) is 23.5. The third-order valence-corrected chi connectivity index (χ3v) is 7.79. The molecule has 3 heterocycles. The van der Waals surface area contributed by atoms with E-state index < -0.39 is 34.6 Å². The van der Waals surface area contributed by atoms with Crippen LogP contribution in [0.25, 0.3) is 5.57 Å². The topological polar surface area (TPSA) is 72.0 Å². The highest BCUT2D eigenvalue weighted by Crippen LogP contribution is 2.43. The van der Waals surface area contributed by atoms with Gasteiger partial charge in [-0.25, -0.2) is 9.78 Å². The van der Waals surface area contributed by atoms with Gasteiger partial charge in [-0.3, -0.25) is 9.69 Å². The molecule has 2 aliphatic rings. The molecule has 4 rings (SSSR count). The van der Waals surface area contributed by atoms with Crippen LogP contribution in [-0.4, -0.2) is 65.6 Å². The minimum absolute atomic E-state index is 0.0202. The molecule has 0 radical (unpaired) electrons. The second-order valence-corrected chi connectivity index (χ2v) is 11.8. The fourth-order valence-corrected chi connectivity index (χ4v) is 5.84. The van der Waals surface area contributed by atoms with Gasteiger partial charge in [-0.15, -0.1) is 11.3 Å². The van der Waals surface area contributed by atoms with Gasteiger partial charge in [0.2, 0.25) is 0 Å². The van der Waals surface area contributed by atoms with E-state index >= 15 is 0 Å². The number of amides is 1. The Kier molecular flexibility index (Phi) is 8.70. The van der Waals surface area contributed by atoms with Gasteiger partial charge in [0.15, 0.2) is 5.01 Å². The fraction of sp³-hybridized carbons (Fsp3) is 0.536. The molecular formula is C28H34F3N3O4S. The summed E-state index contributed by atoms with van der Waals surface area (Å²) < 4.78 is 51.8. The zero-order chi connectivity index (χ0) is 28.4. The molecule has 0 N–H and O–H groups in total. The molecule has 0 spiro atoms. The summed E-state index contributed by atoms with van der Waals surface area (Å²) in [6.07, 6.45) is -0.171. The van der Waals surface area contributed by atoms with Crippen LogP contribution in [0.4, 0.5) is 13.2 Å². The average Bonchev–Trinajstić information content (AvgIpc) is 3.30. The van der Waals surface area contributed by atoms with Crippen molar-refractivity contribution in [2.45, 2.75) is 64.7 Å². The van der Waals surface area contributed by atoms with Crippen LogP contribution < -0.4 is 4.74 Å². The Morgan fingerprint density at radius 1 is 1.10 bits per heavy atom. The number of hydrogen-bond donors (Lipinski definition) is 0. The maximum Gasteiger partial charge on any atom is 0.443 e. The van der Waals surface area contributed by atoms with E-state index in [9.17, 15) is 22.8 Å². The lowest BCUT2D eigenvalue weighted by Gasteiger charge is -2.28. The Hall–Kier alpha value is -2.92. The van der Waals surface area contributed by atoms with Gasteiger partial charge in [0.25, 0.3) is 5.91 Å². The number of thiazole rings is 1. The van der Waals surface area contributed by atoms with Crippen molar-refractivity contribution >= 4 is 28.8 Å². The van der Waals surface area contributed by atoms with Crippen molar-refractivity contribution in [3.63, 3.8) is 0 Å². The first kappa shape index (κ1) is 29.1. The van der Waals surface area contributed by atoms with E-state index in [4.69, 9.17) is 9.47 Å². The number of ether oxygens (including phenoxy) is 2. The van der Waals surface area contributed by atoms with E-state index in [1.165, 1.54) is 30.4 Å². The van der Waals surface area contributed by atoms with Crippen molar-refractivity contribution in [1.82, 2.24) is 14.8 Å². The molecule has 39 heavy (non-hydrogen) atoms. The minimum Gasteiger partial charge on any atom is -0.492 e. The van der Waals surface area contributed by atoms with E-state index in [1.807, 2.05) is 0 Å². The molecule has 2 aromatic rings. The predicted octanol–water partition coefficient (Wildman–Crippen LogP) is 5.75. The van der Waals surface area contributed by atoms with Crippen LogP contribution in [0.5, 0.6) is 5.75 Å².